The molecule has 0 radical (unpaired) electrons. The van der Waals surface area contributed by atoms with E-state index in [0.29, 0.717) is 0 Å². The first-order chi connectivity index (χ1) is 28.7. The second kappa shape index (κ2) is 12.9. The van der Waals surface area contributed by atoms with Crippen LogP contribution in [0.25, 0.3) is 110 Å². The van der Waals surface area contributed by atoms with Crippen LogP contribution in [-0.2, 0) is 0 Å². The zero-order valence-electron chi connectivity index (χ0n) is 31.5. The average molecular weight is 738 g/mol. The Bertz CT molecular complexity index is 3420. The molecule has 58 heavy (non-hydrogen) atoms. The highest BCUT2D eigenvalue weighted by atomic mass is 15.1. The predicted octanol–water partition coefficient (Wildman–Crippen LogP) is 14.6. The summed E-state index contributed by atoms with van der Waals surface area (Å²) in [6, 6.07) is 76.8. The van der Waals surface area contributed by atoms with Crippen LogP contribution < -0.4 is 0 Å². The molecule has 12 rings (SSSR count). The maximum atomic E-state index is 5.50. The van der Waals surface area contributed by atoms with Gasteiger partial charge >= 0.3 is 0 Å². The van der Waals surface area contributed by atoms with Gasteiger partial charge in [0.25, 0.3) is 0 Å². The number of nitrogens with zero attached hydrogens (tertiary/aromatic N) is 3. The molecular formula is C55H35N3. The normalized spacial score (nSPS) is 11.8. The molecule has 0 aliphatic carbocycles. The molecular weight excluding hydrogens is 703 g/mol. The van der Waals surface area contributed by atoms with Gasteiger partial charge in [-0.1, -0.05) is 170 Å². The molecule has 270 valence electrons. The van der Waals surface area contributed by atoms with E-state index in [4.69, 9.17) is 4.98 Å². The lowest BCUT2D eigenvalue weighted by atomic mass is 9.98. The molecule has 0 saturated heterocycles. The Labute approximate surface area is 335 Å². The topological polar surface area (TPSA) is 22.2 Å². The second-order valence-electron chi connectivity index (χ2n) is 15.2. The third-order valence-corrected chi connectivity index (χ3v) is 11.9. The highest BCUT2D eigenvalue weighted by molar-refractivity contribution is 6.19. The van der Waals surface area contributed by atoms with Crippen LogP contribution in [-0.4, -0.2) is 14.0 Å². The molecule has 0 bridgehead atoms. The van der Waals surface area contributed by atoms with E-state index >= 15 is 0 Å². The number of pyridine rings is 2. The van der Waals surface area contributed by atoms with Crippen LogP contribution in [0.15, 0.2) is 212 Å². The Morgan fingerprint density at radius 3 is 1.38 bits per heavy atom. The number of aromatic nitrogens is 3. The van der Waals surface area contributed by atoms with E-state index in [9.17, 15) is 0 Å². The summed E-state index contributed by atoms with van der Waals surface area (Å²) in [5.41, 5.74) is 14.9. The molecule has 0 amide bonds. The summed E-state index contributed by atoms with van der Waals surface area (Å²) in [6.45, 7) is 0. The maximum absolute atomic E-state index is 5.50. The smallest absolute Gasteiger partial charge is 0.138 e. The molecule has 0 atom stereocenters. The highest BCUT2D eigenvalue weighted by Crippen LogP contribution is 2.40. The summed E-state index contributed by atoms with van der Waals surface area (Å²) in [5.74, 6) is 0.886. The van der Waals surface area contributed by atoms with Crippen LogP contribution in [0.5, 0.6) is 0 Å². The van der Waals surface area contributed by atoms with Crippen molar-refractivity contribution >= 4 is 59.9 Å². The second-order valence-corrected chi connectivity index (χ2v) is 15.2. The van der Waals surface area contributed by atoms with Crippen molar-refractivity contribution in [1.82, 2.24) is 14.0 Å². The number of hydrogen-bond donors (Lipinski definition) is 0. The number of rotatable bonds is 5. The van der Waals surface area contributed by atoms with Crippen LogP contribution in [0, 0.1) is 0 Å². The van der Waals surface area contributed by atoms with Gasteiger partial charge < -0.3 is 4.40 Å². The van der Waals surface area contributed by atoms with Crippen molar-refractivity contribution < 1.29 is 0 Å². The van der Waals surface area contributed by atoms with Crippen molar-refractivity contribution in [2.45, 2.75) is 0 Å². The minimum atomic E-state index is 0.886. The molecule has 3 heteroatoms. The SMILES string of the molecule is c1ccc(-c2ccc(-c3cc(-c4ccc(-c5ccccc5)cc4)nc(-n4c5ccccc5c5cc6c(cc54)cc4c5ccccc5c5ccccc5n64)c3)cc2)cc1. The largest absolute Gasteiger partial charge is 0.309 e. The van der Waals surface area contributed by atoms with Crippen LogP contribution >= 0.6 is 0 Å². The van der Waals surface area contributed by atoms with Crippen LogP contribution in [0.3, 0.4) is 0 Å². The van der Waals surface area contributed by atoms with E-state index in [1.54, 1.807) is 0 Å². The number of hydrogen-bond acceptors (Lipinski definition) is 1. The quantitative estimate of drug-likeness (QED) is 0.161. The van der Waals surface area contributed by atoms with Crippen molar-refractivity contribution in [3.8, 4) is 50.5 Å². The van der Waals surface area contributed by atoms with Crippen molar-refractivity contribution in [2.24, 2.45) is 0 Å². The van der Waals surface area contributed by atoms with Crippen molar-refractivity contribution in [2.75, 3.05) is 0 Å². The number of para-hydroxylation sites is 2. The van der Waals surface area contributed by atoms with Crippen LogP contribution in [0.2, 0.25) is 0 Å². The van der Waals surface area contributed by atoms with Gasteiger partial charge in [0.2, 0.25) is 0 Å². The van der Waals surface area contributed by atoms with Gasteiger partial charge in [0.05, 0.1) is 33.3 Å². The lowest BCUT2D eigenvalue weighted by molar-refractivity contribution is 1.09. The Hall–Kier alpha value is -7.75. The van der Waals surface area contributed by atoms with Crippen LogP contribution in [0.4, 0.5) is 0 Å². The van der Waals surface area contributed by atoms with Crippen molar-refractivity contribution in [3.05, 3.63) is 212 Å². The molecule has 0 saturated carbocycles. The molecule has 0 aliphatic rings. The monoisotopic (exact) mass is 737 g/mol. The van der Waals surface area contributed by atoms with E-state index in [1.165, 1.54) is 71.1 Å². The molecule has 0 N–H and O–H groups in total. The fourth-order valence-corrected chi connectivity index (χ4v) is 9.11. The molecule has 0 aliphatic heterocycles. The first-order valence-electron chi connectivity index (χ1n) is 19.9. The molecule has 12 aromatic rings. The third kappa shape index (κ3) is 5.11. The number of fused-ring (bicyclic) bond motifs is 11. The molecule has 4 aromatic heterocycles. The lowest BCUT2D eigenvalue weighted by Crippen LogP contribution is -2.00. The van der Waals surface area contributed by atoms with E-state index in [2.05, 4.69) is 221 Å². The van der Waals surface area contributed by atoms with Gasteiger partial charge in [0.1, 0.15) is 5.82 Å². The Balaban J connectivity index is 1.10. The fourth-order valence-electron chi connectivity index (χ4n) is 9.11. The summed E-state index contributed by atoms with van der Waals surface area (Å²) in [6.07, 6.45) is 0. The van der Waals surface area contributed by atoms with E-state index in [-0.39, 0.29) is 0 Å². The number of benzene rings is 8. The van der Waals surface area contributed by atoms with Gasteiger partial charge in [-0.2, -0.15) is 0 Å². The summed E-state index contributed by atoms with van der Waals surface area (Å²) >= 11 is 0. The molecule has 0 unspecified atom stereocenters. The van der Waals surface area contributed by atoms with E-state index < -0.39 is 0 Å². The van der Waals surface area contributed by atoms with E-state index in [1.807, 2.05) is 0 Å². The molecule has 0 fully saturated rings. The summed E-state index contributed by atoms with van der Waals surface area (Å²) in [7, 11) is 0. The first kappa shape index (κ1) is 32.5. The van der Waals surface area contributed by atoms with Crippen molar-refractivity contribution in [3.63, 3.8) is 0 Å². The first-order valence-corrected chi connectivity index (χ1v) is 19.9. The maximum Gasteiger partial charge on any atom is 0.138 e. The minimum Gasteiger partial charge on any atom is -0.309 e. The third-order valence-electron chi connectivity index (χ3n) is 11.9. The zero-order valence-corrected chi connectivity index (χ0v) is 31.5. The van der Waals surface area contributed by atoms with Gasteiger partial charge in [-0.15, -0.1) is 0 Å². The standard InChI is InChI=1S/C55H35N3/c1-3-13-36(14-4-1)38-23-25-40(26-24-38)42-31-49(41-29-27-39(28-30-41)37-15-5-2-6-16-37)56-55(34-42)58-51-22-12-10-20-47(51)48-35-52-43(33-54(48)58)32-53-46-19-8-7-17-44(46)45-18-9-11-21-50(45)57(52)53/h1-35H. The average Bonchev–Trinajstić information content (AvgIpc) is 3.84. The van der Waals surface area contributed by atoms with E-state index in [0.717, 1.165) is 39.2 Å². The summed E-state index contributed by atoms with van der Waals surface area (Å²) in [4.78, 5) is 5.50. The molecule has 8 aromatic carbocycles. The predicted molar refractivity (Wildman–Crippen MR) is 244 cm³/mol. The van der Waals surface area contributed by atoms with Gasteiger partial charge in [0, 0.05) is 32.5 Å². The lowest BCUT2D eigenvalue weighted by Gasteiger charge is -2.14. The summed E-state index contributed by atoms with van der Waals surface area (Å²) < 4.78 is 4.82. The van der Waals surface area contributed by atoms with Gasteiger partial charge in [-0.3, -0.25) is 4.57 Å². The summed E-state index contributed by atoms with van der Waals surface area (Å²) in [5, 5.41) is 7.39. The Morgan fingerprint density at radius 1 is 0.276 bits per heavy atom. The van der Waals surface area contributed by atoms with Gasteiger partial charge in [-0.25, -0.2) is 4.98 Å². The van der Waals surface area contributed by atoms with Crippen LogP contribution in [0.1, 0.15) is 0 Å². The van der Waals surface area contributed by atoms with Gasteiger partial charge in [0.15, 0.2) is 0 Å². The Kier molecular flexibility index (Phi) is 7.23. The van der Waals surface area contributed by atoms with Gasteiger partial charge in [-0.05, 0) is 81.2 Å². The zero-order chi connectivity index (χ0) is 38.2. The molecule has 3 nitrogen and oxygen atoms in total. The fraction of sp³-hybridized carbons (Fsp3) is 0. The Morgan fingerprint density at radius 2 is 0.741 bits per heavy atom. The van der Waals surface area contributed by atoms with Crippen molar-refractivity contribution in [1.29, 1.82) is 0 Å². The minimum absolute atomic E-state index is 0.886. The molecule has 0 spiro atoms. The highest BCUT2D eigenvalue weighted by Gasteiger charge is 2.19. The molecule has 4 heterocycles.